The number of halogens is 2. The molecule has 1 fully saturated rings. The van der Waals surface area contributed by atoms with Crippen LogP contribution in [-0.2, 0) is 6.54 Å². The van der Waals surface area contributed by atoms with Crippen LogP contribution in [0.1, 0.15) is 29.0 Å². The van der Waals surface area contributed by atoms with Crippen LogP contribution in [0.3, 0.4) is 0 Å². The van der Waals surface area contributed by atoms with E-state index >= 15 is 0 Å². The molecule has 1 aliphatic heterocycles. The Hall–Kier alpha value is -2.24. The summed E-state index contributed by atoms with van der Waals surface area (Å²) in [5.41, 5.74) is -0.448. The molecule has 1 aromatic heterocycles. The Balaban J connectivity index is 1.63. The van der Waals surface area contributed by atoms with Crippen molar-refractivity contribution in [3.05, 3.63) is 53.6 Å². The number of aryl methyl sites for hydroxylation is 1. The lowest BCUT2D eigenvalue weighted by Gasteiger charge is -2.32. The third-order valence-electron chi connectivity index (χ3n) is 4.46. The van der Waals surface area contributed by atoms with Crippen molar-refractivity contribution in [3.63, 3.8) is 0 Å². The number of aromatic nitrogens is 2. The summed E-state index contributed by atoms with van der Waals surface area (Å²) in [4.78, 5) is 18.1. The van der Waals surface area contributed by atoms with Crippen LogP contribution in [0.5, 0.6) is 0 Å². The lowest BCUT2D eigenvalue weighted by molar-refractivity contribution is 0.0672. The summed E-state index contributed by atoms with van der Waals surface area (Å²) in [6.07, 6.45) is 5.36. The summed E-state index contributed by atoms with van der Waals surface area (Å²) in [6.45, 7) is 3.86. The highest BCUT2D eigenvalue weighted by atomic mass is 19.1. The van der Waals surface area contributed by atoms with Crippen LogP contribution >= 0.6 is 0 Å². The van der Waals surface area contributed by atoms with Crippen LogP contribution < -0.4 is 0 Å². The van der Waals surface area contributed by atoms with Gasteiger partial charge < -0.3 is 9.47 Å². The number of piperidine rings is 1. The monoisotopic (exact) mass is 319 g/mol. The second kappa shape index (κ2) is 6.48. The highest BCUT2D eigenvalue weighted by Gasteiger charge is 2.27. The van der Waals surface area contributed by atoms with Gasteiger partial charge in [0.2, 0.25) is 0 Å². The van der Waals surface area contributed by atoms with Crippen molar-refractivity contribution in [2.75, 3.05) is 13.1 Å². The molecule has 1 saturated heterocycles. The molecule has 6 heteroatoms. The average Bonchev–Trinajstić information content (AvgIpc) is 2.93. The number of rotatable bonds is 3. The number of likely N-dealkylation sites (tertiary alicyclic amines) is 1. The van der Waals surface area contributed by atoms with Crippen LogP contribution in [0, 0.1) is 24.5 Å². The number of nitrogens with zero attached hydrogens (tertiary/aromatic N) is 3. The van der Waals surface area contributed by atoms with Crippen molar-refractivity contribution in [3.8, 4) is 0 Å². The Morgan fingerprint density at radius 3 is 2.48 bits per heavy atom. The SMILES string of the molecule is Cc1nccn1CC1CCN(C(=O)c2c(F)cccc2F)CC1. The first-order chi connectivity index (χ1) is 11.1. The maximum Gasteiger partial charge on any atom is 0.259 e. The second-order valence-electron chi connectivity index (χ2n) is 5.96. The molecule has 1 aliphatic rings. The van der Waals surface area contributed by atoms with E-state index in [2.05, 4.69) is 9.55 Å². The van der Waals surface area contributed by atoms with E-state index in [1.807, 2.05) is 13.1 Å². The Morgan fingerprint density at radius 1 is 1.26 bits per heavy atom. The fourth-order valence-corrected chi connectivity index (χ4v) is 3.05. The summed E-state index contributed by atoms with van der Waals surface area (Å²) in [5.74, 6) is -0.746. The number of hydrogen-bond acceptors (Lipinski definition) is 2. The van der Waals surface area contributed by atoms with E-state index < -0.39 is 23.1 Å². The predicted octanol–water partition coefficient (Wildman–Crippen LogP) is 3.02. The zero-order valence-electron chi connectivity index (χ0n) is 13.0. The topological polar surface area (TPSA) is 38.1 Å². The van der Waals surface area contributed by atoms with Gasteiger partial charge in [-0.15, -0.1) is 0 Å². The standard InChI is InChI=1S/C17H19F2N3O/c1-12-20-7-10-22(12)11-13-5-8-21(9-6-13)17(23)16-14(18)3-2-4-15(16)19/h2-4,7,10,13H,5-6,8-9,11H2,1H3. The molecule has 3 rings (SSSR count). The molecule has 0 atom stereocenters. The van der Waals surface area contributed by atoms with Gasteiger partial charge in [0.15, 0.2) is 0 Å². The van der Waals surface area contributed by atoms with Crippen LogP contribution in [-0.4, -0.2) is 33.4 Å². The summed E-state index contributed by atoms with van der Waals surface area (Å²) in [7, 11) is 0. The summed E-state index contributed by atoms with van der Waals surface area (Å²) in [5, 5.41) is 0. The van der Waals surface area contributed by atoms with E-state index in [4.69, 9.17) is 0 Å². The van der Waals surface area contributed by atoms with Gasteiger partial charge in [-0.2, -0.15) is 0 Å². The number of benzene rings is 1. The van der Waals surface area contributed by atoms with Gasteiger partial charge in [-0.25, -0.2) is 13.8 Å². The minimum atomic E-state index is -0.800. The Bertz CT molecular complexity index is 685. The molecule has 0 unspecified atom stereocenters. The molecule has 1 amide bonds. The van der Waals surface area contributed by atoms with Gasteiger partial charge in [0.25, 0.3) is 5.91 Å². The molecular weight excluding hydrogens is 300 g/mol. The average molecular weight is 319 g/mol. The minimum absolute atomic E-state index is 0.442. The van der Waals surface area contributed by atoms with Crippen molar-refractivity contribution in [2.24, 2.45) is 5.92 Å². The maximum absolute atomic E-state index is 13.7. The predicted molar refractivity (Wildman–Crippen MR) is 81.9 cm³/mol. The van der Waals surface area contributed by atoms with Crippen LogP contribution in [0.4, 0.5) is 8.78 Å². The lowest BCUT2D eigenvalue weighted by atomic mass is 9.96. The van der Waals surface area contributed by atoms with Crippen molar-refractivity contribution in [1.82, 2.24) is 14.5 Å². The molecule has 4 nitrogen and oxygen atoms in total. The summed E-state index contributed by atoms with van der Waals surface area (Å²) < 4.78 is 29.6. The third kappa shape index (κ3) is 3.25. The van der Waals surface area contributed by atoms with Crippen molar-refractivity contribution in [2.45, 2.75) is 26.3 Å². The Morgan fingerprint density at radius 2 is 1.91 bits per heavy atom. The molecule has 122 valence electrons. The Labute approximate surface area is 133 Å². The van der Waals surface area contributed by atoms with E-state index in [9.17, 15) is 13.6 Å². The van der Waals surface area contributed by atoms with Gasteiger partial charge in [0, 0.05) is 32.0 Å². The van der Waals surface area contributed by atoms with E-state index in [1.165, 1.54) is 6.07 Å². The highest BCUT2D eigenvalue weighted by molar-refractivity contribution is 5.94. The van der Waals surface area contributed by atoms with Crippen LogP contribution in [0.2, 0.25) is 0 Å². The van der Waals surface area contributed by atoms with E-state index in [-0.39, 0.29) is 0 Å². The molecule has 23 heavy (non-hydrogen) atoms. The molecule has 0 spiro atoms. The molecule has 0 saturated carbocycles. The number of amides is 1. The smallest absolute Gasteiger partial charge is 0.259 e. The number of carbonyl (C=O) groups is 1. The normalized spacial score (nSPS) is 15.9. The maximum atomic E-state index is 13.7. The molecule has 1 aromatic carbocycles. The van der Waals surface area contributed by atoms with E-state index in [0.29, 0.717) is 19.0 Å². The third-order valence-corrected chi connectivity index (χ3v) is 4.46. The number of imidazole rings is 1. The molecule has 0 N–H and O–H groups in total. The lowest BCUT2D eigenvalue weighted by Crippen LogP contribution is -2.40. The van der Waals surface area contributed by atoms with Crippen molar-refractivity contribution >= 4 is 5.91 Å². The van der Waals surface area contributed by atoms with E-state index in [0.717, 1.165) is 37.3 Å². The van der Waals surface area contributed by atoms with Gasteiger partial charge in [0.05, 0.1) is 0 Å². The summed E-state index contributed by atoms with van der Waals surface area (Å²) >= 11 is 0. The van der Waals surface area contributed by atoms with Crippen LogP contribution in [0.15, 0.2) is 30.6 Å². The minimum Gasteiger partial charge on any atom is -0.338 e. The molecule has 2 heterocycles. The molecule has 0 radical (unpaired) electrons. The fraction of sp³-hybridized carbons (Fsp3) is 0.412. The number of carbonyl (C=O) groups excluding carboxylic acids is 1. The van der Waals surface area contributed by atoms with E-state index in [1.54, 1.807) is 11.1 Å². The fourth-order valence-electron chi connectivity index (χ4n) is 3.05. The Kier molecular flexibility index (Phi) is 4.41. The van der Waals surface area contributed by atoms with Crippen LogP contribution in [0.25, 0.3) is 0 Å². The molecule has 2 aromatic rings. The summed E-state index contributed by atoms with van der Waals surface area (Å²) in [6, 6.07) is 3.50. The zero-order chi connectivity index (χ0) is 16.4. The zero-order valence-corrected chi connectivity index (χ0v) is 13.0. The molecule has 0 aliphatic carbocycles. The first-order valence-corrected chi connectivity index (χ1v) is 7.77. The van der Waals surface area contributed by atoms with Gasteiger partial charge in [-0.1, -0.05) is 6.07 Å². The van der Waals surface area contributed by atoms with Gasteiger partial charge >= 0.3 is 0 Å². The highest BCUT2D eigenvalue weighted by Crippen LogP contribution is 2.23. The quantitative estimate of drug-likeness (QED) is 0.872. The first kappa shape index (κ1) is 15.6. The second-order valence-corrected chi connectivity index (χ2v) is 5.96. The van der Waals surface area contributed by atoms with Crippen molar-refractivity contribution in [1.29, 1.82) is 0 Å². The largest absolute Gasteiger partial charge is 0.338 e. The molecular formula is C17H19F2N3O. The molecule has 0 bridgehead atoms. The van der Waals surface area contributed by atoms with Gasteiger partial charge in [0.1, 0.15) is 23.0 Å². The van der Waals surface area contributed by atoms with Gasteiger partial charge in [-0.3, -0.25) is 4.79 Å². The first-order valence-electron chi connectivity index (χ1n) is 7.77. The van der Waals surface area contributed by atoms with Gasteiger partial charge in [-0.05, 0) is 37.8 Å². The van der Waals surface area contributed by atoms with Crippen molar-refractivity contribution < 1.29 is 13.6 Å². The number of hydrogen-bond donors (Lipinski definition) is 0.